The highest BCUT2D eigenvalue weighted by Crippen LogP contribution is 2.34. The Morgan fingerprint density at radius 2 is 1.76 bits per heavy atom. The van der Waals surface area contributed by atoms with Gasteiger partial charge in [0.15, 0.2) is 5.65 Å². The topological polar surface area (TPSA) is 116 Å². The zero-order valence-electron chi connectivity index (χ0n) is 26.5. The quantitative estimate of drug-likeness (QED) is 0.244. The third kappa shape index (κ3) is 7.89. The predicted octanol–water partition coefficient (Wildman–Crippen LogP) is 4.46. The van der Waals surface area contributed by atoms with Crippen LogP contribution in [0.4, 0.5) is 0 Å². The Bertz CT molecular complexity index is 1700. The maximum absolute atomic E-state index is 13.2. The molecule has 1 aliphatic heterocycles. The first-order chi connectivity index (χ1) is 21.6. The smallest absolute Gasteiger partial charge is 0.253 e. The van der Waals surface area contributed by atoms with Crippen molar-refractivity contribution in [1.82, 2.24) is 29.7 Å². The lowest BCUT2D eigenvalue weighted by atomic mass is 10.0. The van der Waals surface area contributed by atoms with Gasteiger partial charge in [-0.2, -0.15) is 5.26 Å². The molecule has 3 heterocycles. The Hall–Kier alpha value is -4.24. The van der Waals surface area contributed by atoms with Crippen LogP contribution in [0, 0.1) is 11.3 Å². The number of amides is 2. The van der Waals surface area contributed by atoms with Gasteiger partial charge in [-0.25, -0.2) is 20.0 Å². The number of nitriles is 1. The largest absolute Gasteiger partial charge is 0.360 e. The summed E-state index contributed by atoms with van der Waals surface area (Å²) < 4.78 is 8.16. The van der Waals surface area contributed by atoms with Crippen LogP contribution in [0.1, 0.15) is 27.1 Å². The Labute approximate surface area is 266 Å². The van der Waals surface area contributed by atoms with E-state index in [9.17, 15) is 9.59 Å². The van der Waals surface area contributed by atoms with Gasteiger partial charge in [-0.15, -0.1) is 0 Å². The molecule has 2 aromatic heterocycles. The van der Waals surface area contributed by atoms with Gasteiger partial charge in [0.2, 0.25) is 0 Å². The number of aromatic nitrogens is 3. The molecule has 0 radical (unpaired) electrons. The average molecular weight is 628 g/mol. The van der Waals surface area contributed by atoms with Crippen LogP contribution < -0.4 is 5.32 Å². The van der Waals surface area contributed by atoms with Crippen LogP contribution in [0.3, 0.4) is 0 Å². The van der Waals surface area contributed by atoms with E-state index in [1.807, 2.05) is 64.1 Å². The minimum Gasteiger partial charge on any atom is -0.360 e. The first-order valence-electron chi connectivity index (χ1n) is 15.1. The molecule has 10 nitrogen and oxygen atoms in total. The SMILES string of the molecule is CN1CCN(C(=O)c2ccc(-c3nc4c(-c5cccc(C(=O)NCCC#N)c5)ccnc4n3COCCS(C)(C)C)cc2)CC1. The van der Waals surface area contributed by atoms with Crippen LogP contribution in [0.15, 0.2) is 60.8 Å². The summed E-state index contributed by atoms with van der Waals surface area (Å²) in [5.41, 5.74) is 5.04. The van der Waals surface area contributed by atoms with Crippen LogP contribution in [0.25, 0.3) is 33.7 Å². The summed E-state index contributed by atoms with van der Waals surface area (Å²) >= 11 is 0. The number of rotatable bonds is 11. The van der Waals surface area contributed by atoms with E-state index in [-0.39, 0.29) is 25.0 Å². The van der Waals surface area contributed by atoms with Crippen molar-refractivity contribution in [1.29, 1.82) is 5.26 Å². The standard InChI is InChI=1S/C34H41N7O3S/c1-39-17-19-40(20-18-39)34(43)26-11-9-25(10-12-26)31-38-30-29(27-7-5-8-28(23-27)33(42)37-15-6-14-35)13-16-36-32(30)41(31)24-44-21-22-45(2,3)4/h5,7-13,16,23H,6,15,17-22,24H2,1-4H3,(H,37,42). The number of carbonyl (C=O) groups is 2. The van der Waals surface area contributed by atoms with Gasteiger partial charge in [-0.3, -0.25) is 14.2 Å². The molecule has 0 atom stereocenters. The molecule has 4 aromatic rings. The fourth-order valence-electron chi connectivity index (χ4n) is 5.17. The summed E-state index contributed by atoms with van der Waals surface area (Å²) in [5, 5.41) is 11.6. The van der Waals surface area contributed by atoms with Crippen molar-refractivity contribution >= 4 is 33.0 Å². The van der Waals surface area contributed by atoms with Crippen LogP contribution >= 0.6 is 10.0 Å². The number of pyridine rings is 1. The molecule has 2 amide bonds. The molecule has 236 valence electrons. The number of imidazole rings is 1. The fraction of sp³-hybridized carbons (Fsp3) is 0.382. The van der Waals surface area contributed by atoms with Gasteiger partial charge in [0.25, 0.3) is 11.8 Å². The second kappa shape index (κ2) is 14.2. The number of piperazine rings is 1. The Balaban J connectivity index is 1.49. The lowest BCUT2D eigenvalue weighted by Crippen LogP contribution is -2.47. The molecule has 0 spiro atoms. The van der Waals surface area contributed by atoms with Crippen molar-refractivity contribution in [2.45, 2.75) is 13.2 Å². The molecule has 2 aromatic carbocycles. The van der Waals surface area contributed by atoms with Gasteiger partial charge < -0.3 is 19.9 Å². The molecule has 1 N–H and O–H groups in total. The molecule has 0 bridgehead atoms. The normalized spacial score (nSPS) is 14.3. The maximum Gasteiger partial charge on any atom is 0.253 e. The first kappa shape index (κ1) is 32.2. The molecule has 11 heteroatoms. The number of hydrogen-bond donors (Lipinski definition) is 1. The lowest BCUT2D eigenvalue weighted by molar-refractivity contribution is 0.0664. The van der Waals surface area contributed by atoms with Crippen LogP contribution in [0.5, 0.6) is 0 Å². The van der Waals surface area contributed by atoms with E-state index in [1.54, 1.807) is 12.3 Å². The van der Waals surface area contributed by atoms with Crippen molar-refractivity contribution in [2.75, 3.05) is 70.9 Å². The zero-order chi connectivity index (χ0) is 32.0. The molecule has 1 saturated heterocycles. The maximum atomic E-state index is 13.2. The number of likely N-dealkylation sites (N-methyl/N-ethyl adjacent to an activating group) is 1. The first-order valence-corrected chi connectivity index (χ1v) is 18.1. The van der Waals surface area contributed by atoms with Crippen molar-refractivity contribution in [3.63, 3.8) is 0 Å². The number of benzene rings is 2. The molecular formula is C34H41N7O3S. The minimum absolute atomic E-state index is 0.0386. The molecule has 0 unspecified atom stereocenters. The monoisotopic (exact) mass is 627 g/mol. The van der Waals surface area contributed by atoms with E-state index in [2.05, 4.69) is 36.0 Å². The van der Waals surface area contributed by atoms with Gasteiger partial charge in [0.1, 0.15) is 18.1 Å². The van der Waals surface area contributed by atoms with E-state index >= 15 is 0 Å². The van der Waals surface area contributed by atoms with Gasteiger partial charge >= 0.3 is 0 Å². The summed E-state index contributed by atoms with van der Waals surface area (Å²) in [6, 6.07) is 18.9. The average Bonchev–Trinajstić information content (AvgIpc) is 3.41. The highest BCUT2D eigenvalue weighted by Gasteiger charge is 2.22. The lowest BCUT2D eigenvalue weighted by Gasteiger charge is -2.32. The molecule has 5 rings (SSSR count). The van der Waals surface area contributed by atoms with E-state index < -0.39 is 10.0 Å². The summed E-state index contributed by atoms with van der Waals surface area (Å²) in [6.07, 6.45) is 8.80. The van der Waals surface area contributed by atoms with Crippen LogP contribution in [-0.4, -0.2) is 107 Å². The highest BCUT2D eigenvalue weighted by molar-refractivity contribution is 8.32. The van der Waals surface area contributed by atoms with Crippen molar-refractivity contribution in [3.8, 4) is 28.6 Å². The van der Waals surface area contributed by atoms with Gasteiger partial charge in [-0.1, -0.05) is 24.3 Å². The number of nitrogens with one attached hydrogen (secondary N) is 1. The number of fused-ring (bicyclic) bond motifs is 1. The zero-order valence-corrected chi connectivity index (χ0v) is 27.3. The molecule has 45 heavy (non-hydrogen) atoms. The number of nitrogens with zero attached hydrogens (tertiary/aromatic N) is 6. The number of carbonyl (C=O) groups excluding carboxylic acids is 2. The van der Waals surface area contributed by atoms with Crippen LogP contribution in [0.2, 0.25) is 0 Å². The van der Waals surface area contributed by atoms with E-state index in [4.69, 9.17) is 20.0 Å². The second-order valence-electron chi connectivity index (χ2n) is 12.1. The van der Waals surface area contributed by atoms with Gasteiger partial charge in [0, 0.05) is 66.9 Å². The van der Waals surface area contributed by atoms with Crippen LogP contribution in [-0.2, 0) is 11.5 Å². The molecular weight excluding hydrogens is 586 g/mol. The van der Waals surface area contributed by atoms with Crippen molar-refractivity contribution in [3.05, 3.63) is 71.9 Å². The molecule has 1 aliphatic rings. The number of ether oxygens (including phenoxy) is 1. The summed E-state index contributed by atoms with van der Waals surface area (Å²) in [7, 11) is 1.36. The van der Waals surface area contributed by atoms with E-state index in [0.29, 0.717) is 41.3 Å². The Kier molecular flexibility index (Phi) is 10.2. The van der Waals surface area contributed by atoms with E-state index in [0.717, 1.165) is 48.6 Å². The Morgan fingerprint density at radius 1 is 1.00 bits per heavy atom. The fourth-order valence-corrected chi connectivity index (χ4v) is 5.79. The third-order valence-electron chi connectivity index (χ3n) is 7.83. The highest BCUT2D eigenvalue weighted by atomic mass is 32.3. The second-order valence-corrected chi connectivity index (χ2v) is 16.7. The molecule has 0 aliphatic carbocycles. The van der Waals surface area contributed by atoms with Crippen molar-refractivity contribution in [2.24, 2.45) is 0 Å². The summed E-state index contributed by atoms with van der Waals surface area (Å²) in [6.45, 7) is 4.38. The van der Waals surface area contributed by atoms with Gasteiger partial charge in [0.05, 0.1) is 19.1 Å². The number of hydrogen-bond acceptors (Lipinski definition) is 7. The van der Waals surface area contributed by atoms with E-state index in [1.165, 1.54) is 0 Å². The Morgan fingerprint density at radius 3 is 2.47 bits per heavy atom. The minimum atomic E-state index is -0.709. The van der Waals surface area contributed by atoms with Crippen molar-refractivity contribution < 1.29 is 14.3 Å². The molecule has 0 saturated carbocycles. The van der Waals surface area contributed by atoms with Gasteiger partial charge in [-0.05, 0) is 61.7 Å². The molecule has 1 fully saturated rings. The third-order valence-corrected chi connectivity index (χ3v) is 9.22. The summed E-state index contributed by atoms with van der Waals surface area (Å²) in [5.74, 6) is 1.48. The summed E-state index contributed by atoms with van der Waals surface area (Å²) in [4.78, 5) is 39.8. The predicted molar refractivity (Wildman–Crippen MR) is 181 cm³/mol.